The molecule has 3 nitrogen and oxygen atoms in total. The molecule has 0 bridgehead atoms. The van der Waals surface area contributed by atoms with E-state index in [0.29, 0.717) is 0 Å². The zero-order valence-electron chi connectivity index (χ0n) is 18.5. The molecule has 6 rings (SSSR count). The predicted molar refractivity (Wildman–Crippen MR) is 139 cm³/mol. The van der Waals surface area contributed by atoms with Crippen molar-refractivity contribution >= 4 is 23.2 Å². The number of aryl methyl sites for hydroxylation is 1. The number of carbonyl (C=O) groups excluding carboxylic acids is 1. The number of Topliss-reactive ketones (excluding diaryl/α,β-unsaturated/α-hetero) is 1. The largest absolute Gasteiger partial charge is 0.289 e. The van der Waals surface area contributed by atoms with Crippen LogP contribution < -0.4 is 0 Å². The second kappa shape index (κ2) is 8.73. The fourth-order valence-electron chi connectivity index (χ4n) is 4.51. The lowest BCUT2D eigenvalue weighted by Crippen LogP contribution is -2.13. The summed E-state index contributed by atoms with van der Waals surface area (Å²) in [6.07, 6.45) is 5.68. The summed E-state index contributed by atoms with van der Waals surface area (Å²) in [7, 11) is 0. The standard InChI is InChI=1S/C30H22N2OS/c33-30-24(17-12-21-7-4-5-10-27(21)30)19-25-20-32(26-8-2-1-3-9-26)31-29(25)23-15-13-22(14-16-23)28-11-6-18-34-28/h1-11,13-16,18-20H,12,17H2/b24-19-. The lowest BCUT2D eigenvalue weighted by atomic mass is 9.86. The van der Waals surface area contributed by atoms with Gasteiger partial charge in [-0.2, -0.15) is 5.10 Å². The minimum Gasteiger partial charge on any atom is -0.289 e. The van der Waals surface area contributed by atoms with E-state index in [1.54, 1.807) is 11.3 Å². The van der Waals surface area contributed by atoms with Crippen LogP contribution in [0.4, 0.5) is 0 Å². The Morgan fingerprint density at radius 3 is 2.35 bits per heavy atom. The van der Waals surface area contributed by atoms with Crippen LogP contribution in [0.3, 0.4) is 0 Å². The lowest BCUT2D eigenvalue weighted by Gasteiger charge is -2.17. The fraction of sp³-hybridized carbons (Fsp3) is 0.0667. The van der Waals surface area contributed by atoms with E-state index in [9.17, 15) is 4.79 Å². The number of hydrogen-bond acceptors (Lipinski definition) is 3. The van der Waals surface area contributed by atoms with Gasteiger partial charge in [0.15, 0.2) is 5.78 Å². The SMILES string of the molecule is O=C1/C(=C\c2cn(-c3ccccc3)nc2-c2ccc(-c3cccs3)cc2)CCc2ccccc21. The first-order valence-corrected chi connectivity index (χ1v) is 12.3. The first kappa shape index (κ1) is 20.6. The molecule has 1 aliphatic rings. The monoisotopic (exact) mass is 458 g/mol. The quantitative estimate of drug-likeness (QED) is 0.262. The number of allylic oxidation sites excluding steroid dienone is 1. The van der Waals surface area contributed by atoms with Crippen LogP contribution in [-0.2, 0) is 6.42 Å². The van der Waals surface area contributed by atoms with Gasteiger partial charge in [0.1, 0.15) is 0 Å². The maximum Gasteiger partial charge on any atom is 0.189 e. The molecule has 0 saturated heterocycles. The Morgan fingerprint density at radius 1 is 0.794 bits per heavy atom. The van der Waals surface area contributed by atoms with Crippen molar-refractivity contribution in [3.63, 3.8) is 0 Å². The summed E-state index contributed by atoms with van der Waals surface area (Å²) in [6, 6.07) is 30.7. The molecule has 1 aliphatic carbocycles. The number of benzene rings is 3. The van der Waals surface area contributed by atoms with Crippen molar-refractivity contribution in [2.45, 2.75) is 12.8 Å². The van der Waals surface area contributed by atoms with Gasteiger partial charge in [-0.1, -0.05) is 72.8 Å². The molecular formula is C30H22N2OS. The van der Waals surface area contributed by atoms with Gasteiger partial charge < -0.3 is 0 Å². The highest BCUT2D eigenvalue weighted by Gasteiger charge is 2.22. The van der Waals surface area contributed by atoms with Crippen molar-refractivity contribution in [2.75, 3.05) is 0 Å². The molecule has 0 atom stereocenters. The number of fused-ring (bicyclic) bond motifs is 1. The smallest absolute Gasteiger partial charge is 0.189 e. The van der Waals surface area contributed by atoms with Crippen molar-refractivity contribution in [1.82, 2.24) is 9.78 Å². The maximum atomic E-state index is 13.2. The van der Waals surface area contributed by atoms with Crippen LogP contribution in [0.1, 0.15) is 27.9 Å². The van der Waals surface area contributed by atoms with Gasteiger partial charge in [-0.05, 0) is 53.6 Å². The predicted octanol–water partition coefficient (Wildman–Crippen LogP) is 7.48. The summed E-state index contributed by atoms with van der Waals surface area (Å²) in [5.41, 5.74) is 7.83. The highest BCUT2D eigenvalue weighted by Crippen LogP contribution is 2.32. The third-order valence-corrected chi connectivity index (χ3v) is 7.19. The molecule has 34 heavy (non-hydrogen) atoms. The van der Waals surface area contributed by atoms with Gasteiger partial charge in [-0.15, -0.1) is 11.3 Å². The number of rotatable bonds is 4. The number of nitrogens with zero attached hydrogens (tertiary/aromatic N) is 2. The van der Waals surface area contributed by atoms with E-state index in [2.05, 4.69) is 47.8 Å². The molecular weight excluding hydrogens is 436 g/mol. The minimum atomic E-state index is 0.119. The fourth-order valence-corrected chi connectivity index (χ4v) is 5.24. The Kier molecular flexibility index (Phi) is 5.28. The first-order chi connectivity index (χ1) is 16.8. The van der Waals surface area contributed by atoms with Crippen LogP contribution in [0.5, 0.6) is 0 Å². The van der Waals surface area contributed by atoms with Crippen LogP contribution in [0.2, 0.25) is 0 Å². The van der Waals surface area contributed by atoms with Gasteiger partial charge in [0, 0.05) is 33.3 Å². The molecule has 164 valence electrons. The van der Waals surface area contributed by atoms with Crippen LogP contribution in [-0.4, -0.2) is 15.6 Å². The topological polar surface area (TPSA) is 34.9 Å². The molecule has 0 N–H and O–H groups in total. The molecule has 0 radical (unpaired) electrons. The average molecular weight is 459 g/mol. The summed E-state index contributed by atoms with van der Waals surface area (Å²) in [6.45, 7) is 0. The zero-order chi connectivity index (χ0) is 22.9. The molecule has 0 saturated carbocycles. The van der Waals surface area contributed by atoms with Gasteiger partial charge in [-0.25, -0.2) is 4.68 Å². The third-order valence-electron chi connectivity index (χ3n) is 6.27. The van der Waals surface area contributed by atoms with Gasteiger partial charge in [0.25, 0.3) is 0 Å². The Bertz CT molecular complexity index is 1490. The third kappa shape index (κ3) is 3.82. The zero-order valence-corrected chi connectivity index (χ0v) is 19.3. The van der Waals surface area contributed by atoms with Crippen LogP contribution in [0.25, 0.3) is 33.5 Å². The highest BCUT2D eigenvalue weighted by atomic mass is 32.1. The number of hydrogen-bond donors (Lipinski definition) is 0. The molecule has 0 spiro atoms. The van der Waals surface area contributed by atoms with E-state index in [1.165, 1.54) is 10.4 Å². The number of thiophene rings is 1. The minimum absolute atomic E-state index is 0.119. The second-order valence-corrected chi connectivity index (χ2v) is 9.37. The molecule has 0 fully saturated rings. The molecule has 0 amide bonds. The van der Waals surface area contributed by atoms with Crippen molar-refractivity contribution < 1.29 is 4.79 Å². The summed E-state index contributed by atoms with van der Waals surface area (Å²) < 4.78 is 1.90. The number of ketones is 1. The number of aromatic nitrogens is 2. The highest BCUT2D eigenvalue weighted by molar-refractivity contribution is 7.13. The normalized spacial score (nSPS) is 14.4. The molecule has 2 heterocycles. The van der Waals surface area contributed by atoms with E-state index < -0.39 is 0 Å². The van der Waals surface area contributed by atoms with Crippen molar-refractivity contribution in [2.24, 2.45) is 0 Å². The summed E-state index contributed by atoms with van der Waals surface area (Å²) in [5.74, 6) is 0.119. The Hall–Kier alpha value is -4.02. The maximum absolute atomic E-state index is 13.2. The molecule has 2 aromatic heterocycles. The molecule has 4 heteroatoms. The van der Waals surface area contributed by atoms with Gasteiger partial charge in [0.2, 0.25) is 0 Å². The average Bonchev–Trinajstić information content (AvgIpc) is 3.57. The van der Waals surface area contributed by atoms with Crippen LogP contribution in [0, 0.1) is 0 Å². The number of para-hydroxylation sites is 1. The molecule has 3 aromatic carbocycles. The van der Waals surface area contributed by atoms with Crippen molar-refractivity contribution in [3.05, 3.63) is 125 Å². The Morgan fingerprint density at radius 2 is 1.56 bits per heavy atom. The van der Waals surface area contributed by atoms with E-state index >= 15 is 0 Å². The van der Waals surface area contributed by atoms with Crippen LogP contribution >= 0.6 is 11.3 Å². The second-order valence-electron chi connectivity index (χ2n) is 8.42. The van der Waals surface area contributed by atoms with Crippen molar-refractivity contribution in [1.29, 1.82) is 0 Å². The van der Waals surface area contributed by atoms with Crippen LogP contribution in [0.15, 0.2) is 108 Å². The van der Waals surface area contributed by atoms with Gasteiger partial charge >= 0.3 is 0 Å². The number of carbonyl (C=O) groups is 1. The van der Waals surface area contributed by atoms with Crippen molar-refractivity contribution in [3.8, 4) is 27.4 Å². The molecule has 0 unspecified atom stereocenters. The lowest BCUT2D eigenvalue weighted by molar-refractivity contribution is 0.102. The summed E-state index contributed by atoms with van der Waals surface area (Å²) in [4.78, 5) is 14.5. The van der Waals surface area contributed by atoms with E-state index in [4.69, 9.17) is 5.10 Å². The summed E-state index contributed by atoms with van der Waals surface area (Å²) in [5, 5.41) is 7.03. The summed E-state index contributed by atoms with van der Waals surface area (Å²) >= 11 is 1.73. The Balaban J connectivity index is 1.44. The first-order valence-electron chi connectivity index (χ1n) is 11.4. The Labute approximate surface area is 202 Å². The van der Waals surface area contributed by atoms with E-state index in [0.717, 1.165) is 52.0 Å². The molecule has 5 aromatic rings. The van der Waals surface area contributed by atoms with E-state index in [-0.39, 0.29) is 5.78 Å². The van der Waals surface area contributed by atoms with Gasteiger partial charge in [-0.3, -0.25) is 4.79 Å². The van der Waals surface area contributed by atoms with Gasteiger partial charge in [0.05, 0.1) is 11.4 Å². The molecule has 0 aliphatic heterocycles. The van der Waals surface area contributed by atoms with E-state index in [1.807, 2.05) is 65.5 Å².